The van der Waals surface area contributed by atoms with Gasteiger partial charge in [-0.3, -0.25) is 9.59 Å². The lowest BCUT2D eigenvalue weighted by Crippen LogP contribution is -2.37. The Hall–Kier alpha value is -4.21. The standard InChI is InChI=1S/C24H24FN3O6/c1-15-21(16(2)34-27-15)13-32-20-9-3-17(4-10-20)24(31)33-14-23(30)28(12-11-22(26)29)19-7-5-18(25)6-8-19/h3-10H,11-14H2,1-2H3,(H2,26,29). The summed E-state index contributed by atoms with van der Waals surface area (Å²) >= 11 is 0. The number of ether oxygens (including phenoxy) is 2. The molecule has 2 aromatic carbocycles. The van der Waals surface area contributed by atoms with Crippen molar-refractivity contribution < 1.29 is 32.8 Å². The first-order valence-corrected chi connectivity index (χ1v) is 10.4. The molecular weight excluding hydrogens is 445 g/mol. The molecule has 0 atom stereocenters. The number of nitrogens with zero attached hydrogens (tertiary/aromatic N) is 2. The Morgan fingerprint density at radius 1 is 1.06 bits per heavy atom. The number of amides is 2. The second-order valence-corrected chi connectivity index (χ2v) is 7.43. The molecule has 0 aliphatic rings. The summed E-state index contributed by atoms with van der Waals surface area (Å²) in [6, 6.07) is 11.4. The molecule has 10 heteroatoms. The zero-order chi connectivity index (χ0) is 24.7. The monoisotopic (exact) mass is 469 g/mol. The Morgan fingerprint density at radius 3 is 2.32 bits per heavy atom. The number of primary amides is 1. The number of benzene rings is 2. The number of hydrogen-bond acceptors (Lipinski definition) is 7. The number of halogens is 1. The number of carbonyl (C=O) groups excluding carboxylic acids is 3. The summed E-state index contributed by atoms with van der Waals surface area (Å²) in [5.74, 6) is -1.17. The fourth-order valence-corrected chi connectivity index (χ4v) is 3.08. The van der Waals surface area contributed by atoms with Gasteiger partial charge in [-0.25, -0.2) is 9.18 Å². The third kappa shape index (κ3) is 6.41. The lowest BCUT2D eigenvalue weighted by Gasteiger charge is -2.22. The van der Waals surface area contributed by atoms with Crippen LogP contribution in [0.5, 0.6) is 5.75 Å². The number of rotatable bonds is 10. The number of nitrogens with two attached hydrogens (primary N) is 1. The van der Waals surface area contributed by atoms with Gasteiger partial charge in [-0.2, -0.15) is 0 Å². The van der Waals surface area contributed by atoms with Crippen molar-refractivity contribution in [3.63, 3.8) is 0 Å². The van der Waals surface area contributed by atoms with Gasteiger partial charge in [0.1, 0.15) is 23.9 Å². The molecule has 0 saturated heterocycles. The highest BCUT2D eigenvalue weighted by Crippen LogP contribution is 2.19. The lowest BCUT2D eigenvalue weighted by atomic mass is 10.2. The molecule has 0 aliphatic carbocycles. The number of hydrogen-bond donors (Lipinski definition) is 1. The Labute approximate surface area is 195 Å². The minimum absolute atomic E-state index is 0.0332. The van der Waals surface area contributed by atoms with Crippen molar-refractivity contribution in [1.29, 1.82) is 0 Å². The highest BCUT2D eigenvalue weighted by Gasteiger charge is 2.19. The normalized spacial score (nSPS) is 10.6. The van der Waals surface area contributed by atoms with Gasteiger partial charge in [-0.1, -0.05) is 5.16 Å². The highest BCUT2D eigenvalue weighted by atomic mass is 19.1. The van der Waals surface area contributed by atoms with Gasteiger partial charge in [0.2, 0.25) is 5.91 Å². The van der Waals surface area contributed by atoms with Crippen LogP contribution in [0.4, 0.5) is 10.1 Å². The van der Waals surface area contributed by atoms with Crippen molar-refractivity contribution in [2.75, 3.05) is 18.1 Å². The average molecular weight is 469 g/mol. The van der Waals surface area contributed by atoms with E-state index in [1.165, 1.54) is 41.3 Å². The van der Waals surface area contributed by atoms with Gasteiger partial charge in [0.15, 0.2) is 6.61 Å². The Bertz CT molecular complexity index is 1140. The molecule has 0 bridgehead atoms. The lowest BCUT2D eigenvalue weighted by molar-refractivity contribution is -0.121. The molecule has 2 amide bonds. The second-order valence-electron chi connectivity index (χ2n) is 7.43. The summed E-state index contributed by atoms with van der Waals surface area (Å²) in [5.41, 5.74) is 7.35. The van der Waals surface area contributed by atoms with Crippen LogP contribution in [-0.4, -0.2) is 36.1 Å². The fraction of sp³-hybridized carbons (Fsp3) is 0.250. The van der Waals surface area contributed by atoms with Crippen LogP contribution in [0.3, 0.4) is 0 Å². The van der Waals surface area contributed by atoms with Crippen LogP contribution >= 0.6 is 0 Å². The molecular formula is C24H24FN3O6. The third-order valence-corrected chi connectivity index (χ3v) is 5.00. The maximum Gasteiger partial charge on any atom is 0.338 e. The van der Waals surface area contributed by atoms with E-state index in [0.29, 0.717) is 17.2 Å². The molecule has 9 nitrogen and oxygen atoms in total. The van der Waals surface area contributed by atoms with Gasteiger partial charge in [0, 0.05) is 18.7 Å². The topological polar surface area (TPSA) is 125 Å². The molecule has 1 aromatic heterocycles. The Kier molecular flexibility index (Phi) is 7.96. The van der Waals surface area contributed by atoms with Crippen molar-refractivity contribution in [3.05, 3.63) is 76.9 Å². The van der Waals surface area contributed by atoms with Gasteiger partial charge in [-0.05, 0) is 62.4 Å². The van der Waals surface area contributed by atoms with Crippen molar-refractivity contribution >= 4 is 23.5 Å². The number of anilines is 1. The molecule has 34 heavy (non-hydrogen) atoms. The first kappa shape index (κ1) is 24.4. The maximum absolute atomic E-state index is 13.2. The van der Waals surface area contributed by atoms with Gasteiger partial charge in [0.05, 0.1) is 16.8 Å². The molecule has 0 radical (unpaired) electrons. The first-order valence-electron chi connectivity index (χ1n) is 10.4. The SMILES string of the molecule is Cc1noc(C)c1COc1ccc(C(=O)OCC(=O)N(CCC(N)=O)c2ccc(F)cc2)cc1. The van der Waals surface area contributed by atoms with Crippen LogP contribution in [0.15, 0.2) is 53.1 Å². The zero-order valence-electron chi connectivity index (χ0n) is 18.7. The molecule has 0 spiro atoms. The van der Waals surface area contributed by atoms with E-state index in [9.17, 15) is 18.8 Å². The second kappa shape index (κ2) is 11.1. The zero-order valence-corrected chi connectivity index (χ0v) is 18.7. The molecule has 178 valence electrons. The predicted octanol–water partition coefficient (Wildman–Crippen LogP) is 3.07. The van der Waals surface area contributed by atoms with Crippen LogP contribution in [0.1, 0.15) is 33.8 Å². The smallest absolute Gasteiger partial charge is 0.338 e. The number of carbonyl (C=O) groups is 3. The summed E-state index contributed by atoms with van der Waals surface area (Å²) in [6.07, 6.45) is -0.105. The molecule has 0 aliphatic heterocycles. The van der Waals surface area contributed by atoms with Gasteiger partial charge in [-0.15, -0.1) is 0 Å². The predicted molar refractivity (Wildman–Crippen MR) is 120 cm³/mol. The summed E-state index contributed by atoms with van der Waals surface area (Å²) in [7, 11) is 0. The molecule has 0 unspecified atom stereocenters. The van der Waals surface area contributed by atoms with Crippen molar-refractivity contribution in [2.45, 2.75) is 26.9 Å². The van der Waals surface area contributed by atoms with Crippen molar-refractivity contribution in [1.82, 2.24) is 5.16 Å². The van der Waals surface area contributed by atoms with Crippen LogP contribution in [-0.2, 0) is 20.9 Å². The van der Waals surface area contributed by atoms with Gasteiger partial charge in [0.25, 0.3) is 5.91 Å². The van der Waals surface area contributed by atoms with Crippen LogP contribution in [0.25, 0.3) is 0 Å². The summed E-state index contributed by atoms with van der Waals surface area (Å²) < 4.78 is 29.2. The van der Waals surface area contributed by atoms with Crippen LogP contribution < -0.4 is 15.4 Å². The van der Waals surface area contributed by atoms with Crippen molar-refractivity contribution in [2.24, 2.45) is 5.73 Å². The number of esters is 1. The quantitative estimate of drug-likeness (QED) is 0.452. The van der Waals surface area contributed by atoms with E-state index in [1.54, 1.807) is 19.1 Å². The summed E-state index contributed by atoms with van der Waals surface area (Å²) in [4.78, 5) is 37.4. The van der Waals surface area contributed by atoms with Gasteiger partial charge < -0.3 is 24.6 Å². The van der Waals surface area contributed by atoms with E-state index in [1.807, 2.05) is 6.92 Å². The largest absolute Gasteiger partial charge is 0.489 e. The van der Waals surface area contributed by atoms with E-state index in [0.717, 1.165) is 11.3 Å². The van der Waals surface area contributed by atoms with Crippen LogP contribution in [0.2, 0.25) is 0 Å². The van der Waals surface area contributed by atoms with Crippen molar-refractivity contribution in [3.8, 4) is 5.75 Å². The summed E-state index contributed by atoms with van der Waals surface area (Å²) in [6.45, 7) is 3.28. The number of aromatic nitrogens is 1. The third-order valence-electron chi connectivity index (χ3n) is 5.00. The van der Waals surface area contributed by atoms with E-state index in [4.69, 9.17) is 19.7 Å². The van der Waals surface area contributed by atoms with E-state index >= 15 is 0 Å². The number of aryl methyl sites for hydroxylation is 2. The molecule has 3 aromatic rings. The average Bonchev–Trinajstić information content (AvgIpc) is 3.14. The molecule has 0 saturated carbocycles. The first-order chi connectivity index (χ1) is 16.2. The molecule has 3 rings (SSSR count). The van der Waals surface area contributed by atoms with Gasteiger partial charge >= 0.3 is 5.97 Å². The Morgan fingerprint density at radius 2 is 1.74 bits per heavy atom. The van der Waals surface area contributed by atoms with E-state index < -0.39 is 30.2 Å². The minimum Gasteiger partial charge on any atom is -0.489 e. The van der Waals surface area contributed by atoms with E-state index in [-0.39, 0.29) is 25.1 Å². The molecule has 0 fully saturated rings. The Balaban J connectivity index is 1.57. The van der Waals surface area contributed by atoms with E-state index in [2.05, 4.69) is 5.16 Å². The molecule has 2 N–H and O–H groups in total. The highest BCUT2D eigenvalue weighted by molar-refractivity contribution is 5.97. The maximum atomic E-state index is 13.2. The summed E-state index contributed by atoms with van der Waals surface area (Å²) in [5, 5.41) is 3.87. The minimum atomic E-state index is -0.709. The fourth-order valence-electron chi connectivity index (χ4n) is 3.08. The van der Waals surface area contributed by atoms with Crippen LogP contribution in [0, 0.1) is 19.7 Å². The molecule has 1 heterocycles.